The maximum Gasteiger partial charge on any atom is 0.123 e. The predicted octanol–water partition coefficient (Wildman–Crippen LogP) is 10.5. The van der Waals surface area contributed by atoms with Crippen LogP contribution >= 0.6 is 0 Å². The van der Waals surface area contributed by atoms with E-state index in [1.54, 1.807) is 12.1 Å². The Labute approximate surface area is 250 Å². The van der Waals surface area contributed by atoms with Crippen molar-refractivity contribution < 1.29 is 4.39 Å². The number of nitrogens with zero attached hydrogens (tertiary/aromatic N) is 2. The lowest BCUT2D eigenvalue weighted by molar-refractivity contribution is 0.628. The van der Waals surface area contributed by atoms with Gasteiger partial charge >= 0.3 is 0 Å². The first-order valence-electron chi connectivity index (χ1n) is 14.8. The number of fused-ring (bicyclic) bond motifs is 2. The molecular weight excluding hydrogens is 527 g/mol. The molecule has 8 rings (SSSR count). The average Bonchev–Trinajstić information content (AvgIpc) is 3.63. The lowest BCUT2D eigenvalue weighted by atomic mass is 9.94. The summed E-state index contributed by atoms with van der Waals surface area (Å²) in [5.41, 5.74) is 12.7. The van der Waals surface area contributed by atoms with E-state index in [1.165, 1.54) is 33.3 Å². The van der Waals surface area contributed by atoms with Gasteiger partial charge in [0.25, 0.3) is 0 Å². The highest BCUT2D eigenvalue weighted by Gasteiger charge is 2.26. The Morgan fingerprint density at radius 3 is 1.98 bits per heavy atom. The lowest BCUT2D eigenvalue weighted by Crippen LogP contribution is -2.04. The monoisotopic (exact) mass is 556 g/mol. The summed E-state index contributed by atoms with van der Waals surface area (Å²) in [6, 6.07) is 47.7. The minimum Gasteiger partial charge on any atom is -0.312 e. The van der Waals surface area contributed by atoms with Crippen molar-refractivity contribution in [2.45, 2.75) is 12.8 Å². The largest absolute Gasteiger partial charge is 0.312 e. The van der Waals surface area contributed by atoms with Crippen molar-refractivity contribution in [1.29, 1.82) is 0 Å². The van der Waals surface area contributed by atoms with Crippen molar-refractivity contribution in [2.75, 3.05) is 0 Å². The van der Waals surface area contributed by atoms with Gasteiger partial charge in [-0.3, -0.25) is 0 Å². The van der Waals surface area contributed by atoms with Gasteiger partial charge in [0.05, 0.1) is 16.9 Å². The van der Waals surface area contributed by atoms with Crippen LogP contribution in [0.15, 0.2) is 146 Å². The topological polar surface area (TPSA) is 9.86 Å². The van der Waals surface area contributed by atoms with E-state index in [0.717, 1.165) is 46.7 Å². The highest BCUT2D eigenvalue weighted by atomic mass is 19.1. The molecule has 0 unspecified atom stereocenters. The Morgan fingerprint density at radius 2 is 1.21 bits per heavy atom. The molecule has 206 valence electrons. The van der Waals surface area contributed by atoms with Crippen LogP contribution in [-0.2, 0) is 6.42 Å². The summed E-state index contributed by atoms with van der Waals surface area (Å²) in [7, 11) is 0. The van der Waals surface area contributed by atoms with E-state index in [1.807, 2.05) is 18.2 Å². The SMILES string of the molecule is Fc1ccc(-c2c(-c3ccc(-n4c(-c5ccccc5)cc5ccccc54)cc3)c3c(n2-c2ccccc2)CCC=C3)cc1. The summed E-state index contributed by atoms with van der Waals surface area (Å²) in [5, 5.41) is 1.21. The smallest absolute Gasteiger partial charge is 0.123 e. The van der Waals surface area contributed by atoms with Crippen LogP contribution in [0.2, 0.25) is 0 Å². The van der Waals surface area contributed by atoms with Gasteiger partial charge in [0.2, 0.25) is 0 Å². The van der Waals surface area contributed by atoms with E-state index in [4.69, 9.17) is 0 Å². The molecule has 1 aliphatic rings. The molecule has 1 aliphatic carbocycles. The van der Waals surface area contributed by atoms with Gasteiger partial charge in [-0.15, -0.1) is 0 Å². The second-order valence-electron chi connectivity index (χ2n) is 11.0. The number of hydrogen-bond donors (Lipinski definition) is 0. The molecule has 0 spiro atoms. The number of benzene rings is 5. The summed E-state index contributed by atoms with van der Waals surface area (Å²) in [5.74, 6) is -0.231. The molecule has 0 saturated carbocycles. The molecule has 0 atom stereocenters. The average molecular weight is 557 g/mol. The van der Waals surface area contributed by atoms with Gasteiger partial charge in [-0.05, 0) is 90.2 Å². The van der Waals surface area contributed by atoms with Gasteiger partial charge in [0.1, 0.15) is 5.82 Å². The van der Waals surface area contributed by atoms with Gasteiger partial charge in [0, 0.05) is 33.6 Å². The van der Waals surface area contributed by atoms with Crippen molar-refractivity contribution in [3.8, 4) is 45.0 Å². The van der Waals surface area contributed by atoms with Gasteiger partial charge in [-0.1, -0.05) is 91.0 Å². The van der Waals surface area contributed by atoms with Crippen molar-refractivity contribution in [2.24, 2.45) is 0 Å². The molecule has 0 bridgehead atoms. The third-order valence-corrected chi connectivity index (χ3v) is 8.47. The fraction of sp³-hybridized carbons (Fsp3) is 0.0500. The maximum absolute atomic E-state index is 14.1. The van der Waals surface area contributed by atoms with E-state index in [9.17, 15) is 4.39 Å². The summed E-state index contributed by atoms with van der Waals surface area (Å²) in [6.45, 7) is 0. The van der Waals surface area contributed by atoms with Crippen LogP contribution in [0.5, 0.6) is 0 Å². The lowest BCUT2D eigenvalue weighted by Gasteiger charge is -2.16. The number of halogens is 1. The summed E-state index contributed by atoms with van der Waals surface area (Å²) < 4.78 is 18.8. The Balaban J connectivity index is 1.34. The van der Waals surface area contributed by atoms with Crippen molar-refractivity contribution in [1.82, 2.24) is 9.13 Å². The molecular formula is C40H29FN2. The van der Waals surface area contributed by atoms with E-state index < -0.39 is 0 Å². The Morgan fingerprint density at radius 1 is 0.558 bits per heavy atom. The third kappa shape index (κ3) is 4.33. The third-order valence-electron chi connectivity index (χ3n) is 8.47. The normalized spacial score (nSPS) is 12.5. The fourth-order valence-corrected chi connectivity index (χ4v) is 6.55. The van der Waals surface area contributed by atoms with Gasteiger partial charge in [-0.2, -0.15) is 0 Å². The van der Waals surface area contributed by atoms with Gasteiger partial charge < -0.3 is 9.13 Å². The van der Waals surface area contributed by atoms with Gasteiger partial charge in [-0.25, -0.2) is 4.39 Å². The number of allylic oxidation sites excluding steroid dienone is 1. The van der Waals surface area contributed by atoms with E-state index >= 15 is 0 Å². The first-order chi connectivity index (χ1) is 21.3. The van der Waals surface area contributed by atoms with E-state index in [0.29, 0.717) is 0 Å². The fourth-order valence-electron chi connectivity index (χ4n) is 6.55. The van der Waals surface area contributed by atoms with Crippen LogP contribution in [0.4, 0.5) is 4.39 Å². The Hall–Kier alpha value is -5.41. The van der Waals surface area contributed by atoms with Crippen LogP contribution in [0.3, 0.4) is 0 Å². The van der Waals surface area contributed by atoms with Crippen LogP contribution in [-0.4, -0.2) is 9.13 Å². The van der Waals surface area contributed by atoms with Crippen LogP contribution < -0.4 is 0 Å². The molecule has 0 radical (unpaired) electrons. The molecule has 2 nitrogen and oxygen atoms in total. The first-order valence-corrected chi connectivity index (χ1v) is 14.8. The zero-order valence-corrected chi connectivity index (χ0v) is 23.6. The van der Waals surface area contributed by atoms with Crippen molar-refractivity contribution in [3.63, 3.8) is 0 Å². The standard InChI is InChI=1S/C40H29FN2/c41-32-23-19-30(20-24-32)40-39(35-16-8-10-18-37(35)43(40)33-14-5-2-6-15-33)29-21-25-34(26-22-29)42-36-17-9-7-13-31(36)27-38(42)28-11-3-1-4-12-28/h1-9,11-17,19-27H,10,18H2. The summed E-state index contributed by atoms with van der Waals surface area (Å²) in [4.78, 5) is 0. The predicted molar refractivity (Wildman–Crippen MR) is 176 cm³/mol. The molecule has 0 N–H and O–H groups in total. The first kappa shape index (κ1) is 25.3. The molecule has 2 aromatic heterocycles. The van der Waals surface area contributed by atoms with E-state index in [2.05, 4.69) is 130 Å². The molecule has 5 aromatic carbocycles. The number of para-hydroxylation sites is 2. The maximum atomic E-state index is 14.1. The number of rotatable bonds is 5. The molecule has 3 heteroatoms. The van der Waals surface area contributed by atoms with Crippen molar-refractivity contribution in [3.05, 3.63) is 163 Å². The molecule has 0 amide bonds. The minimum absolute atomic E-state index is 0.231. The van der Waals surface area contributed by atoms with Crippen LogP contribution in [0.25, 0.3) is 62.0 Å². The number of hydrogen-bond acceptors (Lipinski definition) is 0. The van der Waals surface area contributed by atoms with E-state index in [-0.39, 0.29) is 5.82 Å². The minimum atomic E-state index is -0.231. The molecule has 0 aliphatic heterocycles. The molecule has 7 aromatic rings. The summed E-state index contributed by atoms with van der Waals surface area (Å²) in [6.07, 6.45) is 6.47. The number of aromatic nitrogens is 2. The zero-order valence-electron chi connectivity index (χ0n) is 23.6. The zero-order chi connectivity index (χ0) is 28.8. The molecule has 2 heterocycles. The van der Waals surface area contributed by atoms with Crippen LogP contribution in [0, 0.1) is 5.82 Å². The molecule has 43 heavy (non-hydrogen) atoms. The molecule has 0 saturated heterocycles. The summed E-state index contributed by atoms with van der Waals surface area (Å²) >= 11 is 0. The second-order valence-corrected chi connectivity index (χ2v) is 11.0. The second kappa shape index (κ2) is 10.5. The highest BCUT2D eigenvalue weighted by molar-refractivity contribution is 5.93. The quantitative estimate of drug-likeness (QED) is 0.200. The Bertz CT molecular complexity index is 2100. The van der Waals surface area contributed by atoms with Crippen molar-refractivity contribution >= 4 is 17.0 Å². The highest BCUT2D eigenvalue weighted by Crippen LogP contribution is 2.44. The van der Waals surface area contributed by atoms with Gasteiger partial charge in [0.15, 0.2) is 0 Å². The molecule has 0 fully saturated rings. The van der Waals surface area contributed by atoms with Crippen LogP contribution in [0.1, 0.15) is 17.7 Å². The Kier molecular flexibility index (Phi) is 6.15.